The molecule has 44 heavy (non-hydrogen) atoms. The van der Waals surface area contributed by atoms with Gasteiger partial charge in [-0.05, 0) is 81.5 Å². The maximum absolute atomic E-state index is 14.3. The lowest BCUT2D eigenvalue weighted by molar-refractivity contribution is -0.140. The van der Waals surface area contributed by atoms with E-state index in [1.54, 1.807) is 12.1 Å². The predicted octanol–water partition coefficient (Wildman–Crippen LogP) is 5.55. The van der Waals surface area contributed by atoms with Gasteiger partial charge >= 0.3 is 0 Å². The van der Waals surface area contributed by atoms with Crippen molar-refractivity contribution in [3.05, 3.63) is 82.9 Å². The highest BCUT2D eigenvalue weighted by Gasteiger charge is 2.34. The second-order valence-electron chi connectivity index (χ2n) is 11.1. The molecule has 1 N–H and O–H groups in total. The molecule has 0 aliphatic heterocycles. The zero-order valence-corrected chi connectivity index (χ0v) is 27.8. The van der Waals surface area contributed by atoms with Crippen LogP contribution in [0.3, 0.4) is 0 Å². The summed E-state index contributed by atoms with van der Waals surface area (Å²) in [7, 11) is -1.38. The van der Waals surface area contributed by atoms with E-state index in [9.17, 15) is 18.0 Å². The molecule has 3 aromatic carbocycles. The van der Waals surface area contributed by atoms with Crippen LogP contribution in [0.15, 0.2) is 65.6 Å². The molecule has 0 aliphatic rings. The van der Waals surface area contributed by atoms with Gasteiger partial charge in [0.2, 0.25) is 11.8 Å². The van der Waals surface area contributed by atoms with Crippen molar-refractivity contribution in [3.63, 3.8) is 0 Å². The first-order valence-electron chi connectivity index (χ1n) is 14.8. The summed E-state index contributed by atoms with van der Waals surface area (Å²) in [5, 5.41) is 3.00. The molecule has 10 heteroatoms. The van der Waals surface area contributed by atoms with Crippen LogP contribution in [0, 0.1) is 20.8 Å². The molecule has 2 unspecified atom stereocenters. The number of benzene rings is 3. The monoisotopic (exact) mass is 623 g/mol. The molecule has 0 fully saturated rings. The quantitative estimate of drug-likeness (QED) is 0.253. The maximum atomic E-state index is 14.3. The molecular formula is C34H45N3O6S. The lowest BCUT2D eigenvalue weighted by Gasteiger charge is -2.34. The summed E-state index contributed by atoms with van der Waals surface area (Å²) in [5.41, 5.74) is 3.93. The molecule has 0 saturated heterocycles. The van der Waals surface area contributed by atoms with Gasteiger partial charge in [-0.1, -0.05) is 49.7 Å². The number of nitrogens with one attached hydrogen (secondary N) is 1. The van der Waals surface area contributed by atoms with Gasteiger partial charge in [-0.25, -0.2) is 8.42 Å². The molecule has 0 aliphatic carbocycles. The minimum Gasteiger partial charge on any atom is -0.493 e. The molecule has 3 aromatic rings. The highest BCUT2D eigenvalue weighted by molar-refractivity contribution is 7.92. The predicted molar refractivity (Wildman–Crippen MR) is 174 cm³/mol. The number of amides is 2. The van der Waals surface area contributed by atoms with Crippen molar-refractivity contribution < 1.29 is 27.5 Å². The molecule has 238 valence electrons. The Kier molecular flexibility index (Phi) is 11.8. The first kappa shape index (κ1) is 34.4. The number of rotatable bonds is 14. The fraction of sp³-hybridized carbons (Fsp3) is 0.412. The normalized spacial score (nSPS) is 12.6. The van der Waals surface area contributed by atoms with Crippen LogP contribution in [-0.4, -0.2) is 58.0 Å². The van der Waals surface area contributed by atoms with Crippen LogP contribution in [-0.2, 0) is 26.2 Å². The summed E-state index contributed by atoms with van der Waals surface area (Å²) in [4.78, 5) is 29.2. The lowest BCUT2D eigenvalue weighted by atomic mass is 10.1. The number of methoxy groups -OCH3 is 2. The average Bonchev–Trinajstić information content (AvgIpc) is 2.99. The number of hydrogen-bond acceptors (Lipinski definition) is 6. The van der Waals surface area contributed by atoms with Crippen LogP contribution in [0.1, 0.15) is 55.9 Å². The van der Waals surface area contributed by atoms with Gasteiger partial charge in [0, 0.05) is 18.7 Å². The van der Waals surface area contributed by atoms with Gasteiger partial charge in [-0.2, -0.15) is 0 Å². The van der Waals surface area contributed by atoms with E-state index in [0.717, 1.165) is 33.0 Å². The van der Waals surface area contributed by atoms with Gasteiger partial charge in [0.1, 0.15) is 12.6 Å². The van der Waals surface area contributed by atoms with Crippen LogP contribution >= 0.6 is 0 Å². The third-order valence-corrected chi connectivity index (χ3v) is 9.35. The van der Waals surface area contributed by atoms with Crippen LogP contribution in [0.25, 0.3) is 0 Å². The Morgan fingerprint density at radius 3 is 1.98 bits per heavy atom. The Morgan fingerprint density at radius 2 is 1.43 bits per heavy atom. The van der Waals surface area contributed by atoms with E-state index in [4.69, 9.17) is 9.47 Å². The Bertz CT molecular complexity index is 1540. The standard InChI is InChI=1S/C34H45N3O6S/c1-9-26(6)35-34(39)30(10-2)36(21-27-13-11-23(3)12-14-27)33(38)22-37(28-18-24(4)17-25(5)19-28)44(40,41)29-15-16-31(42-7)32(20-29)43-8/h11-20,26,30H,9-10,21-22H2,1-8H3,(H,35,39). The zero-order valence-electron chi connectivity index (χ0n) is 27.0. The highest BCUT2D eigenvalue weighted by Crippen LogP contribution is 2.33. The lowest BCUT2D eigenvalue weighted by Crippen LogP contribution is -2.53. The Balaban J connectivity index is 2.13. The molecule has 3 rings (SSSR count). The Labute approximate surface area is 262 Å². The van der Waals surface area contributed by atoms with E-state index in [1.165, 1.54) is 37.3 Å². The van der Waals surface area contributed by atoms with Gasteiger partial charge in [0.05, 0.1) is 24.8 Å². The summed E-state index contributed by atoms with van der Waals surface area (Å²) in [6.07, 6.45) is 1.09. The molecule has 0 aromatic heterocycles. The van der Waals surface area contributed by atoms with Crippen molar-refractivity contribution in [2.45, 2.75) is 77.9 Å². The van der Waals surface area contributed by atoms with Crippen molar-refractivity contribution in [1.29, 1.82) is 0 Å². The number of sulfonamides is 1. The number of aryl methyl sites for hydroxylation is 3. The molecule has 0 bridgehead atoms. The van der Waals surface area contributed by atoms with Gasteiger partial charge in [0.25, 0.3) is 10.0 Å². The molecule has 2 atom stereocenters. The van der Waals surface area contributed by atoms with Crippen LogP contribution in [0.2, 0.25) is 0 Å². The van der Waals surface area contributed by atoms with Crippen molar-refractivity contribution in [1.82, 2.24) is 10.2 Å². The Hall–Kier alpha value is -4.05. The van der Waals surface area contributed by atoms with Crippen LogP contribution in [0.5, 0.6) is 11.5 Å². The minimum atomic E-state index is -4.28. The van der Waals surface area contributed by atoms with Crippen molar-refractivity contribution in [2.75, 3.05) is 25.1 Å². The number of anilines is 1. The number of carbonyl (C=O) groups excluding carboxylic acids is 2. The third kappa shape index (κ3) is 8.31. The number of ether oxygens (including phenoxy) is 2. The van der Waals surface area contributed by atoms with Crippen LogP contribution < -0.4 is 19.1 Å². The van der Waals surface area contributed by atoms with Crippen molar-refractivity contribution in [2.24, 2.45) is 0 Å². The Morgan fingerprint density at radius 1 is 0.818 bits per heavy atom. The van der Waals surface area contributed by atoms with Crippen LogP contribution in [0.4, 0.5) is 5.69 Å². The topological polar surface area (TPSA) is 105 Å². The van der Waals surface area contributed by atoms with E-state index in [1.807, 2.05) is 71.9 Å². The molecule has 0 radical (unpaired) electrons. The van der Waals surface area contributed by atoms with E-state index in [-0.39, 0.29) is 29.1 Å². The first-order valence-corrected chi connectivity index (χ1v) is 16.3. The maximum Gasteiger partial charge on any atom is 0.264 e. The molecule has 0 saturated carbocycles. The van der Waals surface area contributed by atoms with Crippen molar-refractivity contribution >= 4 is 27.5 Å². The van der Waals surface area contributed by atoms with Crippen molar-refractivity contribution in [3.8, 4) is 11.5 Å². The summed E-state index contributed by atoms with van der Waals surface area (Å²) in [6.45, 7) is 11.1. The minimum absolute atomic E-state index is 0.0613. The van der Waals surface area contributed by atoms with E-state index < -0.39 is 28.5 Å². The van der Waals surface area contributed by atoms with E-state index >= 15 is 0 Å². The second kappa shape index (κ2) is 15.1. The van der Waals surface area contributed by atoms with Gasteiger partial charge in [0.15, 0.2) is 11.5 Å². The number of hydrogen-bond donors (Lipinski definition) is 1. The van der Waals surface area contributed by atoms with Gasteiger partial charge in [-0.15, -0.1) is 0 Å². The van der Waals surface area contributed by atoms with E-state index in [0.29, 0.717) is 17.9 Å². The fourth-order valence-corrected chi connectivity index (χ4v) is 6.39. The van der Waals surface area contributed by atoms with E-state index in [2.05, 4.69) is 5.32 Å². The summed E-state index contributed by atoms with van der Waals surface area (Å²) in [6, 6.07) is 16.6. The van der Waals surface area contributed by atoms with Gasteiger partial charge < -0.3 is 19.7 Å². The largest absolute Gasteiger partial charge is 0.493 e. The summed E-state index contributed by atoms with van der Waals surface area (Å²) < 4.78 is 40.4. The fourth-order valence-electron chi connectivity index (χ4n) is 4.98. The van der Waals surface area contributed by atoms with Gasteiger partial charge in [-0.3, -0.25) is 13.9 Å². The third-order valence-electron chi connectivity index (χ3n) is 7.58. The average molecular weight is 624 g/mol. The molecular weight excluding hydrogens is 578 g/mol. The summed E-state index contributed by atoms with van der Waals surface area (Å²) >= 11 is 0. The zero-order chi connectivity index (χ0) is 32.6. The smallest absolute Gasteiger partial charge is 0.264 e. The SMILES string of the molecule is CCC(C)NC(=O)C(CC)N(Cc1ccc(C)cc1)C(=O)CN(c1cc(C)cc(C)c1)S(=O)(=O)c1ccc(OC)c(OC)c1. The molecule has 0 heterocycles. The second-order valence-corrected chi connectivity index (χ2v) is 13.0. The first-order chi connectivity index (χ1) is 20.8. The summed E-state index contributed by atoms with van der Waals surface area (Å²) in [5.74, 6) is -0.153. The molecule has 0 spiro atoms. The molecule has 2 amide bonds. The number of carbonyl (C=O) groups is 2. The molecule has 9 nitrogen and oxygen atoms in total. The number of nitrogens with zero attached hydrogens (tertiary/aromatic N) is 2. The highest BCUT2D eigenvalue weighted by atomic mass is 32.2.